The van der Waals surface area contributed by atoms with E-state index in [1.54, 1.807) is 17.5 Å². The summed E-state index contributed by atoms with van der Waals surface area (Å²) < 4.78 is 0. The molecular weight excluding hydrogens is 471 g/mol. The van der Waals surface area contributed by atoms with Crippen LogP contribution in [0.5, 0.6) is 0 Å². The molecule has 3 N–H and O–H groups in total. The predicted molar refractivity (Wildman–Crippen MR) is 124 cm³/mol. The number of guanidine groups is 1. The van der Waals surface area contributed by atoms with Crippen molar-refractivity contribution in [3.05, 3.63) is 64.5 Å². The largest absolute Gasteiger partial charge is 0.383 e. The Bertz CT molecular complexity index is 875. The highest BCUT2D eigenvalue weighted by Gasteiger charge is 2.24. The highest BCUT2D eigenvalue weighted by molar-refractivity contribution is 14.0. The number of fused-ring (bicyclic) bond motifs is 1. The summed E-state index contributed by atoms with van der Waals surface area (Å²) in [5.74, 6) is 0.678. The van der Waals surface area contributed by atoms with Gasteiger partial charge in [-0.05, 0) is 36.9 Å². The van der Waals surface area contributed by atoms with Crippen LogP contribution >= 0.6 is 35.3 Å². The van der Waals surface area contributed by atoms with Crippen LogP contribution in [0.4, 0.5) is 0 Å². The standard InChI is InChI=1S/C20H24N4OS.HI/c1-3-21-19(24-14-20(2,25)17-10-6-12-26-17)23-13-16-8-4-7-15-9-5-11-22-18(15)16;/h4-12,25H,3,13-14H2,1-2H3,(H2,21,23,24);1H. The van der Waals surface area contributed by atoms with Crippen LogP contribution in [-0.4, -0.2) is 29.1 Å². The average Bonchev–Trinajstić information content (AvgIpc) is 3.20. The summed E-state index contributed by atoms with van der Waals surface area (Å²) in [6.07, 6.45) is 1.80. The van der Waals surface area contributed by atoms with Crippen LogP contribution in [0.2, 0.25) is 0 Å². The Morgan fingerprint density at radius 1 is 1.19 bits per heavy atom. The van der Waals surface area contributed by atoms with Gasteiger partial charge < -0.3 is 15.7 Å². The van der Waals surface area contributed by atoms with Gasteiger partial charge in [0, 0.05) is 23.0 Å². The van der Waals surface area contributed by atoms with Gasteiger partial charge in [0.25, 0.3) is 0 Å². The topological polar surface area (TPSA) is 69.5 Å². The Morgan fingerprint density at radius 2 is 2.00 bits per heavy atom. The van der Waals surface area contributed by atoms with E-state index in [1.807, 2.05) is 49.6 Å². The number of aliphatic hydroxyl groups is 1. The van der Waals surface area contributed by atoms with Gasteiger partial charge in [0.2, 0.25) is 0 Å². The van der Waals surface area contributed by atoms with Crippen molar-refractivity contribution in [3.8, 4) is 0 Å². The number of rotatable bonds is 6. The Hall–Kier alpha value is -1.71. The van der Waals surface area contributed by atoms with Crippen LogP contribution in [0.15, 0.2) is 59.0 Å². The fraction of sp³-hybridized carbons (Fsp3) is 0.300. The quantitative estimate of drug-likeness (QED) is 0.275. The average molecular weight is 496 g/mol. The van der Waals surface area contributed by atoms with Gasteiger partial charge in [0.1, 0.15) is 5.60 Å². The summed E-state index contributed by atoms with van der Waals surface area (Å²) in [6, 6.07) is 14.0. The molecule has 5 nitrogen and oxygen atoms in total. The summed E-state index contributed by atoms with van der Waals surface area (Å²) in [4.78, 5) is 10.1. The minimum Gasteiger partial charge on any atom is -0.383 e. The number of para-hydroxylation sites is 1. The molecular formula is C20H25IN4OS. The first kappa shape index (κ1) is 21.6. The van der Waals surface area contributed by atoms with Gasteiger partial charge in [-0.1, -0.05) is 30.3 Å². The molecule has 3 aromatic rings. The molecule has 0 bridgehead atoms. The predicted octanol–water partition coefficient (Wildman–Crippen LogP) is 3.88. The molecule has 27 heavy (non-hydrogen) atoms. The maximum atomic E-state index is 10.7. The fourth-order valence-electron chi connectivity index (χ4n) is 2.73. The Kier molecular flexibility index (Phi) is 8.00. The minimum atomic E-state index is -0.939. The van der Waals surface area contributed by atoms with Crippen molar-refractivity contribution in [2.45, 2.75) is 26.0 Å². The number of hydrogen-bond donors (Lipinski definition) is 3. The van der Waals surface area contributed by atoms with E-state index in [0.29, 0.717) is 19.0 Å². The van der Waals surface area contributed by atoms with Gasteiger partial charge in [-0.25, -0.2) is 4.99 Å². The van der Waals surface area contributed by atoms with E-state index in [-0.39, 0.29) is 24.0 Å². The molecule has 0 amide bonds. The van der Waals surface area contributed by atoms with Crippen LogP contribution < -0.4 is 10.6 Å². The monoisotopic (exact) mass is 496 g/mol. The van der Waals surface area contributed by atoms with E-state index < -0.39 is 5.60 Å². The summed E-state index contributed by atoms with van der Waals surface area (Å²) >= 11 is 1.55. The lowest BCUT2D eigenvalue weighted by atomic mass is 10.1. The second-order valence-corrected chi connectivity index (χ2v) is 7.24. The molecule has 2 aromatic heterocycles. The molecule has 144 valence electrons. The number of aromatic nitrogens is 1. The molecule has 1 atom stereocenters. The summed E-state index contributed by atoms with van der Waals surface area (Å²) in [5.41, 5.74) is 1.11. The van der Waals surface area contributed by atoms with Crippen LogP contribution in [-0.2, 0) is 12.1 Å². The maximum absolute atomic E-state index is 10.7. The van der Waals surface area contributed by atoms with Gasteiger partial charge >= 0.3 is 0 Å². The maximum Gasteiger partial charge on any atom is 0.191 e. The molecule has 0 radical (unpaired) electrons. The third-order valence-electron chi connectivity index (χ3n) is 4.12. The summed E-state index contributed by atoms with van der Waals surface area (Å²) in [6.45, 7) is 5.48. The molecule has 2 heterocycles. The van der Waals surface area contributed by atoms with E-state index in [9.17, 15) is 5.11 Å². The lowest BCUT2D eigenvalue weighted by Crippen LogP contribution is -2.44. The van der Waals surface area contributed by atoms with Gasteiger partial charge in [-0.2, -0.15) is 0 Å². The molecule has 0 aliphatic carbocycles. The first-order valence-electron chi connectivity index (χ1n) is 8.71. The molecule has 0 saturated heterocycles. The van der Waals surface area contributed by atoms with Crippen molar-refractivity contribution in [2.75, 3.05) is 13.1 Å². The smallest absolute Gasteiger partial charge is 0.191 e. The number of hydrogen-bond acceptors (Lipinski definition) is 4. The van der Waals surface area contributed by atoms with Crippen LogP contribution in [0, 0.1) is 0 Å². The van der Waals surface area contributed by atoms with E-state index in [2.05, 4.69) is 32.7 Å². The molecule has 1 aromatic carbocycles. The van der Waals surface area contributed by atoms with Crippen molar-refractivity contribution < 1.29 is 5.11 Å². The second kappa shape index (κ2) is 10.0. The summed E-state index contributed by atoms with van der Waals surface area (Å²) in [7, 11) is 0. The molecule has 0 spiro atoms. The lowest BCUT2D eigenvalue weighted by molar-refractivity contribution is 0.0655. The van der Waals surface area contributed by atoms with E-state index in [4.69, 9.17) is 0 Å². The number of pyridine rings is 1. The van der Waals surface area contributed by atoms with Crippen molar-refractivity contribution in [1.82, 2.24) is 15.6 Å². The number of benzene rings is 1. The number of aliphatic imine (C=N–C) groups is 1. The van der Waals surface area contributed by atoms with E-state index in [1.165, 1.54) is 0 Å². The SMILES string of the molecule is CCNC(=NCc1cccc2cccnc12)NCC(C)(O)c1cccs1.I. The zero-order valence-electron chi connectivity index (χ0n) is 15.5. The van der Waals surface area contributed by atoms with Crippen molar-refractivity contribution in [3.63, 3.8) is 0 Å². The highest BCUT2D eigenvalue weighted by Crippen LogP contribution is 2.24. The number of halogens is 1. The first-order valence-corrected chi connectivity index (χ1v) is 9.59. The van der Waals surface area contributed by atoms with Crippen molar-refractivity contribution >= 4 is 52.2 Å². The highest BCUT2D eigenvalue weighted by atomic mass is 127. The Balaban J connectivity index is 0.00000261. The first-order chi connectivity index (χ1) is 12.6. The van der Waals surface area contributed by atoms with Crippen molar-refractivity contribution in [2.24, 2.45) is 4.99 Å². The second-order valence-electron chi connectivity index (χ2n) is 6.29. The van der Waals surface area contributed by atoms with Crippen molar-refractivity contribution in [1.29, 1.82) is 0 Å². The zero-order chi connectivity index (χ0) is 18.4. The minimum absolute atomic E-state index is 0. The van der Waals surface area contributed by atoms with Gasteiger partial charge in [0.15, 0.2) is 5.96 Å². The van der Waals surface area contributed by atoms with Crippen LogP contribution in [0.1, 0.15) is 24.3 Å². The van der Waals surface area contributed by atoms with Gasteiger partial charge in [-0.15, -0.1) is 35.3 Å². The Morgan fingerprint density at radius 3 is 2.74 bits per heavy atom. The number of thiophene rings is 1. The third-order valence-corrected chi connectivity index (χ3v) is 5.24. The zero-order valence-corrected chi connectivity index (χ0v) is 18.6. The van der Waals surface area contributed by atoms with Gasteiger partial charge in [0.05, 0.1) is 18.6 Å². The normalized spacial score (nSPS) is 13.7. The molecule has 0 aliphatic rings. The molecule has 7 heteroatoms. The van der Waals surface area contributed by atoms with E-state index >= 15 is 0 Å². The lowest BCUT2D eigenvalue weighted by Gasteiger charge is -2.23. The number of nitrogens with one attached hydrogen (secondary N) is 2. The van der Waals surface area contributed by atoms with Crippen LogP contribution in [0.3, 0.4) is 0 Å². The Labute approximate surface area is 181 Å². The van der Waals surface area contributed by atoms with Crippen LogP contribution in [0.25, 0.3) is 10.9 Å². The molecule has 1 unspecified atom stereocenters. The molecule has 0 saturated carbocycles. The molecule has 0 fully saturated rings. The van der Waals surface area contributed by atoms with E-state index in [0.717, 1.165) is 27.9 Å². The fourth-order valence-corrected chi connectivity index (χ4v) is 3.52. The molecule has 3 rings (SSSR count). The summed E-state index contributed by atoms with van der Waals surface area (Å²) in [5, 5.41) is 20.2. The van der Waals surface area contributed by atoms with Gasteiger partial charge in [-0.3, -0.25) is 4.98 Å². The molecule has 0 aliphatic heterocycles. The third kappa shape index (κ3) is 5.63. The number of nitrogens with zero attached hydrogens (tertiary/aromatic N) is 2.